The topological polar surface area (TPSA) is 157 Å². The van der Waals surface area contributed by atoms with Crippen LogP contribution in [0.25, 0.3) is 0 Å². The maximum Gasteiger partial charge on any atom is 0.337 e. The highest BCUT2D eigenvalue weighted by Crippen LogP contribution is 2.32. The minimum absolute atomic E-state index is 0.0270. The first-order valence-corrected chi connectivity index (χ1v) is 13.2. The Hall–Kier alpha value is -3.71. The molecule has 0 saturated heterocycles. The number of esters is 3. The summed E-state index contributed by atoms with van der Waals surface area (Å²) >= 11 is 0. The highest BCUT2D eigenvalue weighted by molar-refractivity contribution is 7.89. The summed E-state index contributed by atoms with van der Waals surface area (Å²) < 4.78 is 41.3. The van der Waals surface area contributed by atoms with Crippen molar-refractivity contribution in [2.24, 2.45) is 5.92 Å². The minimum atomic E-state index is -3.75. The molecule has 12 nitrogen and oxygen atoms in total. The Kier molecular flexibility index (Phi) is 10.2. The summed E-state index contributed by atoms with van der Waals surface area (Å²) in [6.07, 6.45) is 0. The monoisotopic (exact) mass is 551 g/mol. The van der Waals surface area contributed by atoms with Crippen LogP contribution >= 0.6 is 0 Å². The Balaban J connectivity index is 2.30. The number of allylic oxidation sites excluding steroid dienone is 2. The van der Waals surface area contributed by atoms with Crippen LogP contribution in [0, 0.1) is 12.8 Å². The molecule has 1 aliphatic rings. The van der Waals surface area contributed by atoms with E-state index in [4.69, 9.17) is 14.2 Å². The van der Waals surface area contributed by atoms with E-state index in [2.05, 4.69) is 10.6 Å². The van der Waals surface area contributed by atoms with Crippen molar-refractivity contribution in [1.29, 1.82) is 0 Å². The van der Waals surface area contributed by atoms with E-state index in [1.165, 1.54) is 32.3 Å². The lowest BCUT2D eigenvalue weighted by molar-refractivity contribution is -0.153. The van der Waals surface area contributed by atoms with Gasteiger partial charge < -0.3 is 24.8 Å². The van der Waals surface area contributed by atoms with E-state index < -0.39 is 46.4 Å². The molecule has 0 aliphatic carbocycles. The quantitative estimate of drug-likeness (QED) is 0.323. The number of aryl methyl sites for hydroxylation is 1. The van der Waals surface area contributed by atoms with Crippen LogP contribution in [-0.2, 0) is 43.4 Å². The third kappa shape index (κ3) is 6.78. The number of amides is 1. The van der Waals surface area contributed by atoms with Crippen molar-refractivity contribution in [3.05, 3.63) is 46.3 Å². The van der Waals surface area contributed by atoms with Gasteiger partial charge in [0.2, 0.25) is 10.0 Å². The zero-order valence-electron chi connectivity index (χ0n) is 22.5. The number of hydrogen-bond donors (Lipinski definition) is 2. The van der Waals surface area contributed by atoms with Gasteiger partial charge in [-0.3, -0.25) is 9.59 Å². The summed E-state index contributed by atoms with van der Waals surface area (Å²) in [7, 11) is -0.980. The molecule has 38 heavy (non-hydrogen) atoms. The normalized spacial score (nSPS) is 14.2. The third-order valence-corrected chi connectivity index (χ3v) is 7.41. The molecule has 1 aromatic rings. The molecule has 1 heterocycles. The molecule has 0 saturated carbocycles. The molecule has 1 amide bonds. The van der Waals surface area contributed by atoms with Gasteiger partial charge in [-0.05, 0) is 52.3 Å². The number of dihydropyridines is 1. The molecule has 208 valence electrons. The summed E-state index contributed by atoms with van der Waals surface area (Å²) in [5, 5.41) is 5.42. The van der Waals surface area contributed by atoms with E-state index >= 15 is 0 Å². The summed E-state index contributed by atoms with van der Waals surface area (Å²) in [5.41, 5.74) is 1.09. The maximum atomic E-state index is 13.2. The van der Waals surface area contributed by atoms with Crippen molar-refractivity contribution in [1.82, 2.24) is 9.62 Å². The first-order valence-electron chi connectivity index (χ1n) is 11.8. The van der Waals surface area contributed by atoms with Crippen molar-refractivity contribution < 1.29 is 41.8 Å². The average molecular weight is 552 g/mol. The molecule has 0 radical (unpaired) electrons. The third-order valence-electron chi connectivity index (χ3n) is 5.59. The van der Waals surface area contributed by atoms with E-state index in [-0.39, 0.29) is 46.3 Å². The van der Waals surface area contributed by atoms with Crippen LogP contribution in [0.15, 0.2) is 45.6 Å². The van der Waals surface area contributed by atoms with Gasteiger partial charge in [-0.1, -0.05) is 6.07 Å². The highest BCUT2D eigenvalue weighted by atomic mass is 32.2. The summed E-state index contributed by atoms with van der Waals surface area (Å²) in [5.74, 6) is -4.93. The Labute approximate surface area is 222 Å². The van der Waals surface area contributed by atoms with E-state index in [1.54, 1.807) is 34.6 Å². The average Bonchev–Trinajstić information content (AvgIpc) is 2.83. The molecule has 1 aliphatic heterocycles. The fourth-order valence-corrected chi connectivity index (χ4v) is 4.63. The van der Waals surface area contributed by atoms with Crippen molar-refractivity contribution >= 4 is 39.5 Å². The standard InChI is InChI=1S/C25H33N3O9S/c1-8-35-23(30)20-15(4)26-16(5)21(24(31)36-9-2)22(20)25(32)37-13-19(29)27-18-12-17(11-10-14(18)3)38(33,34)28(6)7/h10-12,22,26H,8-9,13H2,1-7H3,(H,27,29). The molecular weight excluding hydrogens is 518 g/mol. The molecule has 2 rings (SSSR count). The highest BCUT2D eigenvalue weighted by Gasteiger charge is 2.42. The predicted octanol–water partition coefficient (Wildman–Crippen LogP) is 1.62. The SMILES string of the molecule is CCOC(=O)C1=C(C)NC(C)=C(C(=O)OCC)C1C(=O)OCC(=O)Nc1cc(S(=O)(=O)N(C)C)ccc1C. The minimum Gasteiger partial charge on any atom is -0.463 e. The smallest absolute Gasteiger partial charge is 0.337 e. The first-order chi connectivity index (χ1) is 17.8. The van der Waals surface area contributed by atoms with Gasteiger partial charge in [-0.2, -0.15) is 0 Å². The molecule has 1 aromatic carbocycles. The molecule has 0 spiro atoms. The fraction of sp³-hybridized carbons (Fsp3) is 0.440. The Morgan fingerprint density at radius 2 is 1.45 bits per heavy atom. The number of hydrogen-bond acceptors (Lipinski definition) is 10. The Morgan fingerprint density at radius 3 is 1.92 bits per heavy atom. The molecule has 13 heteroatoms. The van der Waals surface area contributed by atoms with Crippen LogP contribution in [0.5, 0.6) is 0 Å². The summed E-state index contributed by atoms with van der Waals surface area (Å²) in [6, 6.07) is 4.24. The number of ether oxygens (including phenoxy) is 3. The van der Waals surface area contributed by atoms with Gasteiger partial charge >= 0.3 is 17.9 Å². The van der Waals surface area contributed by atoms with E-state index in [1.807, 2.05) is 0 Å². The van der Waals surface area contributed by atoms with Gasteiger partial charge in [0.05, 0.1) is 29.3 Å². The predicted molar refractivity (Wildman–Crippen MR) is 137 cm³/mol. The second kappa shape index (κ2) is 12.7. The van der Waals surface area contributed by atoms with Crippen LogP contribution in [0.2, 0.25) is 0 Å². The zero-order valence-corrected chi connectivity index (χ0v) is 23.3. The van der Waals surface area contributed by atoms with Gasteiger partial charge in [0.25, 0.3) is 5.91 Å². The number of benzene rings is 1. The van der Waals surface area contributed by atoms with Gasteiger partial charge in [-0.25, -0.2) is 22.3 Å². The first kappa shape index (κ1) is 30.5. The lowest BCUT2D eigenvalue weighted by atomic mass is 9.85. The number of carbonyl (C=O) groups is 4. The van der Waals surface area contributed by atoms with E-state index in [0.717, 1.165) is 4.31 Å². The Bertz CT molecular complexity index is 1260. The second-order valence-corrected chi connectivity index (χ2v) is 10.6. The van der Waals surface area contributed by atoms with Crippen LogP contribution in [0.3, 0.4) is 0 Å². The largest absolute Gasteiger partial charge is 0.463 e. The molecule has 0 unspecified atom stereocenters. The number of nitrogens with zero attached hydrogens (tertiary/aromatic N) is 1. The number of anilines is 1. The van der Waals surface area contributed by atoms with Gasteiger partial charge in [-0.15, -0.1) is 0 Å². The van der Waals surface area contributed by atoms with Crippen LogP contribution in [-0.4, -0.2) is 70.5 Å². The fourth-order valence-electron chi connectivity index (χ4n) is 3.70. The van der Waals surface area contributed by atoms with Gasteiger partial charge in [0, 0.05) is 31.2 Å². The molecule has 0 aromatic heterocycles. The van der Waals surface area contributed by atoms with Gasteiger partial charge in [0.1, 0.15) is 5.92 Å². The molecule has 0 fully saturated rings. The molecule has 0 bridgehead atoms. The molecule has 2 N–H and O–H groups in total. The number of carbonyl (C=O) groups excluding carboxylic acids is 4. The van der Waals surface area contributed by atoms with Crippen LogP contribution in [0.4, 0.5) is 5.69 Å². The van der Waals surface area contributed by atoms with Crippen molar-refractivity contribution in [2.75, 3.05) is 39.2 Å². The zero-order chi connectivity index (χ0) is 28.8. The van der Waals surface area contributed by atoms with E-state index in [9.17, 15) is 27.6 Å². The number of nitrogens with one attached hydrogen (secondary N) is 2. The number of rotatable bonds is 10. The number of sulfonamides is 1. The van der Waals surface area contributed by atoms with Crippen molar-refractivity contribution in [3.63, 3.8) is 0 Å². The van der Waals surface area contributed by atoms with E-state index in [0.29, 0.717) is 5.56 Å². The summed E-state index contributed by atoms with van der Waals surface area (Å²) in [6.45, 7) is 7.23. The van der Waals surface area contributed by atoms with Gasteiger partial charge in [0.15, 0.2) is 6.61 Å². The summed E-state index contributed by atoms with van der Waals surface area (Å²) in [4.78, 5) is 51.2. The molecular formula is C25H33N3O9S. The Morgan fingerprint density at radius 1 is 0.921 bits per heavy atom. The second-order valence-electron chi connectivity index (χ2n) is 8.50. The van der Waals surface area contributed by atoms with Crippen molar-refractivity contribution in [2.45, 2.75) is 39.5 Å². The molecule has 0 atom stereocenters. The maximum absolute atomic E-state index is 13.2. The van der Waals surface area contributed by atoms with Crippen molar-refractivity contribution in [3.8, 4) is 0 Å². The lowest BCUT2D eigenvalue weighted by Gasteiger charge is -2.28. The lowest BCUT2D eigenvalue weighted by Crippen LogP contribution is -2.39. The van der Waals surface area contributed by atoms with Crippen LogP contribution < -0.4 is 10.6 Å². The van der Waals surface area contributed by atoms with Crippen LogP contribution in [0.1, 0.15) is 33.3 Å².